The van der Waals surface area contributed by atoms with Crippen molar-refractivity contribution in [3.8, 4) is 0 Å². The second kappa shape index (κ2) is 5.86. The lowest BCUT2D eigenvalue weighted by atomic mass is 10.0. The molecule has 2 aromatic rings. The number of hydrogen-bond donors (Lipinski definition) is 0. The van der Waals surface area contributed by atoms with E-state index in [0.29, 0.717) is 10.7 Å². The molecule has 0 spiro atoms. The Kier molecular flexibility index (Phi) is 3.93. The van der Waals surface area contributed by atoms with Crippen LogP contribution < -0.4 is 0 Å². The Labute approximate surface area is 129 Å². The minimum absolute atomic E-state index is 0.0300. The van der Waals surface area contributed by atoms with E-state index in [1.54, 1.807) is 18.3 Å². The number of amides is 1. The molecule has 0 radical (unpaired) electrons. The summed E-state index contributed by atoms with van der Waals surface area (Å²) in [4.78, 5) is 18.6. The summed E-state index contributed by atoms with van der Waals surface area (Å²) in [6, 6.07) is 11.9. The highest BCUT2D eigenvalue weighted by atomic mass is 35.5. The Morgan fingerprint density at radius 2 is 2.05 bits per heavy atom. The number of halogens is 1. The molecule has 1 unspecified atom stereocenters. The summed E-state index contributed by atoms with van der Waals surface area (Å²) in [6.45, 7) is 2.86. The van der Waals surface area contributed by atoms with Crippen LogP contribution in [0.3, 0.4) is 0 Å². The second-order valence-corrected chi connectivity index (χ2v) is 5.82. The number of hydrogen-bond acceptors (Lipinski definition) is 2. The van der Waals surface area contributed by atoms with E-state index in [0.717, 1.165) is 19.4 Å². The third kappa shape index (κ3) is 2.93. The topological polar surface area (TPSA) is 33.2 Å². The minimum atomic E-state index is 0.0300. The van der Waals surface area contributed by atoms with Crippen molar-refractivity contribution in [2.24, 2.45) is 0 Å². The maximum atomic E-state index is 12.7. The van der Waals surface area contributed by atoms with Crippen molar-refractivity contribution >= 4 is 17.5 Å². The van der Waals surface area contributed by atoms with Crippen molar-refractivity contribution in [3.05, 3.63) is 64.4 Å². The Bertz CT molecular complexity index is 654. The van der Waals surface area contributed by atoms with Crippen LogP contribution in [0.5, 0.6) is 0 Å². The number of aromatic nitrogens is 1. The van der Waals surface area contributed by atoms with E-state index in [1.165, 1.54) is 11.1 Å². The van der Waals surface area contributed by atoms with E-state index < -0.39 is 0 Å². The molecule has 0 aliphatic carbocycles. The van der Waals surface area contributed by atoms with Gasteiger partial charge >= 0.3 is 0 Å². The van der Waals surface area contributed by atoms with Gasteiger partial charge in [-0.3, -0.25) is 4.79 Å². The molecule has 1 amide bonds. The van der Waals surface area contributed by atoms with E-state index in [-0.39, 0.29) is 11.9 Å². The van der Waals surface area contributed by atoms with Gasteiger partial charge in [0, 0.05) is 18.3 Å². The Balaban J connectivity index is 1.87. The number of benzene rings is 1. The lowest BCUT2D eigenvalue weighted by molar-refractivity contribution is 0.0735. The first kappa shape index (κ1) is 14.1. The summed E-state index contributed by atoms with van der Waals surface area (Å²) in [5, 5.41) is 0.354. The third-order valence-corrected chi connectivity index (χ3v) is 4.16. The Morgan fingerprint density at radius 3 is 2.76 bits per heavy atom. The third-order valence-electron chi connectivity index (χ3n) is 3.95. The highest BCUT2D eigenvalue weighted by molar-refractivity contribution is 6.29. The first-order chi connectivity index (χ1) is 10.1. The molecule has 3 nitrogen and oxygen atoms in total. The zero-order valence-electron chi connectivity index (χ0n) is 11.9. The standard InChI is InChI=1S/C17H17ClN2O/c1-12-4-6-13(7-5-12)15-3-2-10-20(15)17(21)14-8-9-19-16(18)11-14/h4-9,11,15H,2-3,10H2,1H3. The van der Waals surface area contributed by atoms with Gasteiger partial charge in [0.2, 0.25) is 0 Å². The van der Waals surface area contributed by atoms with Crippen LogP contribution in [-0.4, -0.2) is 22.3 Å². The molecule has 4 heteroatoms. The van der Waals surface area contributed by atoms with E-state index in [4.69, 9.17) is 11.6 Å². The van der Waals surface area contributed by atoms with Gasteiger partial charge in [-0.25, -0.2) is 4.98 Å². The number of carbonyl (C=O) groups is 1. The number of rotatable bonds is 2. The predicted molar refractivity (Wildman–Crippen MR) is 83.4 cm³/mol. The van der Waals surface area contributed by atoms with Crippen molar-refractivity contribution < 1.29 is 4.79 Å². The van der Waals surface area contributed by atoms with Crippen LogP contribution in [0.4, 0.5) is 0 Å². The summed E-state index contributed by atoms with van der Waals surface area (Å²) >= 11 is 5.88. The summed E-state index contributed by atoms with van der Waals surface area (Å²) in [5.41, 5.74) is 3.04. The quantitative estimate of drug-likeness (QED) is 0.785. The lowest BCUT2D eigenvalue weighted by Crippen LogP contribution is -2.30. The maximum Gasteiger partial charge on any atom is 0.254 e. The van der Waals surface area contributed by atoms with Crippen molar-refractivity contribution in [3.63, 3.8) is 0 Å². The van der Waals surface area contributed by atoms with Gasteiger partial charge in [-0.2, -0.15) is 0 Å². The highest BCUT2D eigenvalue weighted by Crippen LogP contribution is 2.33. The van der Waals surface area contributed by atoms with Gasteiger partial charge < -0.3 is 4.90 Å². The molecule has 1 aliphatic rings. The molecule has 1 aromatic heterocycles. The first-order valence-corrected chi connectivity index (χ1v) is 7.52. The lowest BCUT2D eigenvalue weighted by Gasteiger charge is -2.25. The molecule has 1 saturated heterocycles. The molecule has 2 heterocycles. The fourth-order valence-electron chi connectivity index (χ4n) is 2.85. The first-order valence-electron chi connectivity index (χ1n) is 7.14. The van der Waals surface area contributed by atoms with Gasteiger partial charge in [0.1, 0.15) is 5.15 Å². The summed E-state index contributed by atoms with van der Waals surface area (Å²) in [6.07, 6.45) is 3.61. The Morgan fingerprint density at radius 1 is 1.29 bits per heavy atom. The van der Waals surface area contributed by atoms with E-state index >= 15 is 0 Å². The van der Waals surface area contributed by atoms with Crippen LogP contribution in [0.15, 0.2) is 42.6 Å². The van der Waals surface area contributed by atoms with Crippen molar-refractivity contribution in [1.82, 2.24) is 9.88 Å². The van der Waals surface area contributed by atoms with Gasteiger partial charge in [0.05, 0.1) is 6.04 Å². The molecule has 0 saturated carbocycles. The zero-order chi connectivity index (χ0) is 14.8. The summed E-state index contributed by atoms with van der Waals surface area (Å²) in [7, 11) is 0. The zero-order valence-corrected chi connectivity index (χ0v) is 12.7. The predicted octanol–water partition coefficient (Wildman–Crippen LogP) is 4.02. The molecule has 1 aliphatic heterocycles. The molecular formula is C17H17ClN2O. The van der Waals surface area contributed by atoms with E-state index in [2.05, 4.69) is 36.2 Å². The smallest absolute Gasteiger partial charge is 0.254 e. The summed E-state index contributed by atoms with van der Waals surface area (Å²) < 4.78 is 0. The molecule has 0 bridgehead atoms. The normalized spacial score (nSPS) is 18.0. The minimum Gasteiger partial charge on any atom is -0.332 e. The summed E-state index contributed by atoms with van der Waals surface area (Å²) in [5.74, 6) is 0.0300. The number of nitrogens with zero attached hydrogens (tertiary/aromatic N) is 2. The molecule has 1 aromatic carbocycles. The number of aryl methyl sites for hydroxylation is 1. The van der Waals surface area contributed by atoms with Gasteiger partial charge in [-0.15, -0.1) is 0 Å². The van der Waals surface area contributed by atoms with Gasteiger partial charge in [0.15, 0.2) is 0 Å². The van der Waals surface area contributed by atoms with Crippen LogP contribution in [-0.2, 0) is 0 Å². The fraction of sp³-hybridized carbons (Fsp3) is 0.294. The molecule has 1 atom stereocenters. The number of likely N-dealkylation sites (tertiary alicyclic amines) is 1. The van der Waals surface area contributed by atoms with E-state index in [1.807, 2.05) is 4.90 Å². The largest absolute Gasteiger partial charge is 0.332 e. The van der Waals surface area contributed by atoms with Crippen molar-refractivity contribution in [1.29, 1.82) is 0 Å². The van der Waals surface area contributed by atoms with Gasteiger partial charge in [-0.1, -0.05) is 41.4 Å². The second-order valence-electron chi connectivity index (χ2n) is 5.43. The molecule has 1 fully saturated rings. The van der Waals surface area contributed by atoms with Crippen LogP contribution >= 0.6 is 11.6 Å². The number of pyridine rings is 1. The maximum absolute atomic E-state index is 12.7. The molecule has 3 rings (SSSR count). The van der Waals surface area contributed by atoms with Gasteiger partial charge in [0.25, 0.3) is 5.91 Å². The van der Waals surface area contributed by atoms with Crippen molar-refractivity contribution in [2.75, 3.05) is 6.54 Å². The van der Waals surface area contributed by atoms with Crippen LogP contribution in [0.2, 0.25) is 5.15 Å². The molecule has 108 valence electrons. The monoisotopic (exact) mass is 300 g/mol. The Hall–Kier alpha value is -1.87. The fourth-order valence-corrected chi connectivity index (χ4v) is 3.02. The van der Waals surface area contributed by atoms with Gasteiger partial charge in [-0.05, 0) is 37.5 Å². The van der Waals surface area contributed by atoms with Crippen LogP contribution in [0.25, 0.3) is 0 Å². The van der Waals surface area contributed by atoms with Crippen LogP contribution in [0.1, 0.15) is 40.4 Å². The van der Waals surface area contributed by atoms with E-state index in [9.17, 15) is 4.79 Å². The average molecular weight is 301 g/mol. The molecular weight excluding hydrogens is 284 g/mol. The number of carbonyl (C=O) groups excluding carboxylic acids is 1. The highest BCUT2D eigenvalue weighted by Gasteiger charge is 2.30. The average Bonchev–Trinajstić information content (AvgIpc) is 2.96. The molecule has 21 heavy (non-hydrogen) atoms. The van der Waals surface area contributed by atoms with Crippen molar-refractivity contribution in [2.45, 2.75) is 25.8 Å². The van der Waals surface area contributed by atoms with Crippen LogP contribution in [0, 0.1) is 6.92 Å². The molecule has 0 N–H and O–H groups in total. The SMILES string of the molecule is Cc1ccc(C2CCCN2C(=O)c2ccnc(Cl)c2)cc1.